The molecule has 1 aliphatic heterocycles. The first-order valence-corrected chi connectivity index (χ1v) is 11.8. The summed E-state index contributed by atoms with van der Waals surface area (Å²) < 4.78 is 27.3. The minimum absolute atomic E-state index is 0.194. The van der Waals surface area contributed by atoms with Crippen molar-refractivity contribution in [2.24, 2.45) is 0 Å². The lowest BCUT2D eigenvalue weighted by Gasteiger charge is -2.37. The zero-order valence-electron chi connectivity index (χ0n) is 17.5. The van der Waals surface area contributed by atoms with E-state index in [4.69, 9.17) is 0 Å². The van der Waals surface area contributed by atoms with Crippen molar-refractivity contribution in [2.75, 3.05) is 39.5 Å². The van der Waals surface area contributed by atoms with E-state index in [1.807, 2.05) is 19.2 Å². The van der Waals surface area contributed by atoms with Crippen molar-refractivity contribution in [3.8, 4) is 0 Å². The van der Waals surface area contributed by atoms with Crippen molar-refractivity contribution in [2.45, 2.75) is 12.5 Å². The SMILES string of the molecule is CN1CCN(S(C)(=O)=O)CC1c1nnc2ccc(C(=O)NCCc3cccnc3)cn12. The average molecular weight is 444 g/mol. The van der Waals surface area contributed by atoms with Gasteiger partial charge >= 0.3 is 0 Å². The van der Waals surface area contributed by atoms with Gasteiger partial charge in [0.15, 0.2) is 11.5 Å². The number of amides is 1. The van der Waals surface area contributed by atoms with Crippen LogP contribution in [0.25, 0.3) is 5.65 Å². The predicted octanol–water partition coefficient (Wildman–Crippen LogP) is 0.345. The Kier molecular flexibility index (Phi) is 5.99. The number of nitrogens with zero attached hydrogens (tertiary/aromatic N) is 6. The predicted molar refractivity (Wildman–Crippen MR) is 115 cm³/mol. The molecule has 1 atom stereocenters. The van der Waals surface area contributed by atoms with Crippen molar-refractivity contribution in [1.29, 1.82) is 0 Å². The second-order valence-corrected chi connectivity index (χ2v) is 9.67. The summed E-state index contributed by atoms with van der Waals surface area (Å²) in [5.41, 5.74) is 2.14. The number of sulfonamides is 1. The van der Waals surface area contributed by atoms with Gasteiger partial charge in [0.25, 0.3) is 5.91 Å². The lowest BCUT2D eigenvalue weighted by atomic mass is 10.2. The van der Waals surface area contributed by atoms with E-state index in [-0.39, 0.29) is 18.5 Å². The van der Waals surface area contributed by atoms with Gasteiger partial charge in [-0.1, -0.05) is 6.07 Å². The van der Waals surface area contributed by atoms with Crippen LogP contribution in [0, 0.1) is 0 Å². The molecule has 11 heteroatoms. The lowest BCUT2D eigenvalue weighted by Crippen LogP contribution is -2.49. The highest BCUT2D eigenvalue weighted by molar-refractivity contribution is 7.88. The minimum Gasteiger partial charge on any atom is -0.352 e. The van der Waals surface area contributed by atoms with Crippen LogP contribution in [0.2, 0.25) is 0 Å². The summed E-state index contributed by atoms with van der Waals surface area (Å²) in [6.45, 7) is 1.80. The summed E-state index contributed by atoms with van der Waals surface area (Å²) in [4.78, 5) is 18.8. The fraction of sp³-hybridized carbons (Fsp3) is 0.400. The van der Waals surface area contributed by atoms with Crippen molar-refractivity contribution in [3.05, 3.63) is 59.8 Å². The molecule has 3 aromatic heterocycles. The molecule has 4 rings (SSSR count). The molecule has 4 heterocycles. The number of piperazine rings is 1. The molecule has 3 aromatic rings. The topological polar surface area (TPSA) is 113 Å². The van der Waals surface area contributed by atoms with Crippen molar-refractivity contribution >= 4 is 21.6 Å². The molecule has 0 aromatic carbocycles. The van der Waals surface area contributed by atoms with Gasteiger partial charge < -0.3 is 5.32 Å². The summed E-state index contributed by atoms with van der Waals surface area (Å²) in [7, 11) is -1.37. The molecule has 164 valence electrons. The molecular formula is C20H25N7O3S. The first-order valence-electron chi connectivity index (χ1n) is 10.00. The highest BCUT2D eigenvalue weighted by Gasteiger charge is 2.33. The van der Waals surface area contributed by atoms with Crippen LogP contribution < -0.4 is 5.32 Å². The van der Waals surface area contributed by atoms with E-state index < -0.39 is 10.0 Å². The smallest absolute Gasteiger partial charge is 0.252 e. The molecule has 0 saturated carbocycles. The molecule has 0 aliphatic carbocycles. The number of aromatic nitrogens is 4. The number of carbonyl (C=O) groups is 1. The summed E-state index contributed by atoms with van der Waals surface area (Å²) in [5, 5.41) is 11.4. The van der Waals surface area contributed by atoms with E-state index in [1.165, 1.54) is 10.6 Å². The Morgan fingerprint density at radius 2 is 2.06 bits per heavy atom. The third-order valence-electron chi connectivity index (χ3n) is 5.49. The lowest BCUT2D eigenvalue weighted by molar-refractivity contribution is 0.0953. The zero-order chi connectivity index (χ0) is 22.0. The van der Waals surface area contributed by atoms with E-state index in [0.717, 1.165) is 5.56 Å². The van der Waals surface area contributed by atoms with Crippen LogP contribution >= 0.6 is 0 Å². The van der Waals surface area contributed by atoms with E-state index in [2.05, 4.69) is 25.4 Å². The quantitative estimate of drug-likeness (QED) is 0.585. The highest BCUT2D eigenvalue weighted by atomic mass is 32.2. The molecule has 10 nitrogen and oxygen atoms in total. The Bertz CT molecular complexity index is 1180. The van der Waals surface area contributed by atoms with Gasteiger partial charge in [-0.2, -0.15) is 4.31 Å². The van der Waals surface area contributed by atoms with Gasteiger partial charge in [-0.15, -0.1) is 10.2 Å². The number of rotatable bonds is 6. The molecule has 1 amide bonds. The third-order valence-corrected chi connectivity index (χ3v) is 6.76. The maximum absolute atomic E-state index is 12.7. The van der Waals surface area contributed by atoms with E-state index >= 15 is 0 Å². The highest BCUT2D eigenvalue weighted by Crippen LogP contribution is 2.24. The Morgan fingerprint density at radius 3 is 2.81 bits per heavy atom. The molecule has 1 unspecified atom stereocenters. The molecule has 0 radical (unpaired) electrons. The van der Waals surface area contributed by atoms with Gasteiger partial charge in [-0.25, -0.2) is 8.42 Å². The van der Waals surface area contributed by atoms with Crippen molar-refractivity contribution < 1.29 is 13.2 Å². The molecular weight excluding hydrogens is 418 g/mol. The van der Waals surface area contributed by atoms with Gasteiger partial charge in [0.2, 0.25) is 10.0 Å². The second-order valence-electron chi connectivity index (χ2n) is 7.69. The molecule has 1 saturated heterocycles. The number of hydrogen-bond donors (Lipinski definition) is 1. The number of nitrogens with one attached hydrogen (secondary N) is 1. The monoisotopic (exact) mass is 443 g/mol. The summed E-state index contributed by atoms with van der Waals surface area (Å²) >= 11 is 0. The summed E-state index contributed by atoms with van der Waals surface area (Å²) in [5.74, 6) is 0.413. The van der Waals surface area contributed by atoms with Gasteiger partial charge in [0.1, 0.15) is 0 Å². The molecule has 1 fully saturated rings. The Hall–Kier alpha value is -2.89. The number of hydrogen-bond acceptors (Lipinski definition) is 7. The Morgan fingerprint density at radius 1 is 1.23 bits per heavy atom. The van der Waals surface area contributed by atoms with Crippen LogP contribution in [0.15, 0.2) is 42.9 Å². The number of fused-ring (bicyclic) bond motifs is 1. The van der Waals surface area contributed by atoms with E-state index in [9.17, 15) is 13.2 Å². The van der Waals surface area contributed by atoms with Gasteiger partial charge in [0.05, 0.1) is 17.9 Å². The van der Waals surface area contributed by atoms with Crippen LogP contribution in [0.3, 0.4) is 0 Å². The first-order chi connectivity index (χ1) is 14.8. The van der Waals surface area contributed by atoms with Crippen LogP contribution in [0.4, 0.5) is 0 Å². The normalized spacial score (nSPS) is 18.3. The van der Waals surface area contributed by atoms with Gasteiger partial charge in [-0.3, -0.25) is 19.1 Å². The summed E-state index contributed by atoms with van der Waals surface area (Å²) in [6.07, 6.45) is 7.10. The number of carbonyl (C=O) groups excluding carboxylic acids is 1. The fourth-order valence-corrected chi connectivity index (χ4v) is 4.49. The zero-order valence-corrected chi connectivity index (χ0v) is 18.3. The van der Waals surface area contributed by atoms with Crippen LogP contribution in [0.5, 0.6) is 0 Å². The Labute approximate surface area is 181 Å². The third kappa shape index (κ3) is 4.73. The second kappa shape index (κ2) is 8.69. The summed E-state index contributed by atoms with van der Waals surface area (Å²) in [6, 6.07) is 7.02. The van der Waals surface area contributed by atoms with Crippen LogP contribution in [-0.2, 0) is 16.4 Å². The van der Waals surface area contributed by atoms with E-state index in [1.54, 1.807) is 35.1 Å². The number of pyridine rings is 2. The molecule has 1 N–H and O–H groups in total. The van der Waals surface area contributed by atoms with Crippen LogP contribution in [-0.4, -0.2) is 82.6 Å². The average Bonchev–Trinajstić information content (AvgIpc) is 3.17. The molecule has 0 bridgehead atoms. The largest absolute Gasteiger partial charge is 0.352 e. The van der Waals surface area contributed by atoms with Crippen LogP contribution in [0.1, 0.15) is 27.8 Å². The van der Waals surface area contributed by atoms with Gasteiger partial charge in [0, 0.05) is 44.8 Å². The van der Waals surface area contributed by atoms with E-state index in [0.29, 0.717) is 43.1 Å². The minimum atomic E-state index is -3.30. The van der Waals surface area contributed by atoms with Crippen molar-refractivity contribution in [1.82, 2.24) is 34.1 Å². The fourth-order valence-electron chi connectivity index (χ4n) is 3.67. The molecule has 0 spiro atoms. The Balaban J connectivity index is 1.52. The van der Waals surface area contributed by atoms with Gasteiger partial charge in [-0.05, 0) is 37.2 Å². The first kappa shape index (κ1) is 21.3. The molecule has 31 heavy (non-hydrogen) atoms. The molecule has 1 aliphatic rings. The number of likely N-dealkylation sites (N-methyl/N-ethyl adjacent to an activating group) is 1. The maximum atomic E-state index is 12.7. The standard InChI is InChI=1S/C20H25N7O3S/c1-25-10-11-26(31(2,29)30)14-17(25)19-24-23-18-6-5-16(13-27(18)19)20(28)22-9-7-15-4-3-8-21-12-15/h3-6,8,12-13,17H,7,9-11,14H2,1-2H3,(H,22,28). The maximum Gasteiger partial charge on any atom is 0.252 e. The van der Waals surface area contributed by atoms with Crippen molar-refractivity contribution in [3.63, 3.8) is 0 Å².